The van der Waals surface area contributed by atoms with Crippen molar-refractivity contribution >= 4 is 5.97 Å². The molecular weight excluding hydrogens is 288 g/mol. The molecule has 23 heavy (non-hydrogen) atoms. The fourth-order valence-electron chi connectivity index (χ4n) is 2.92. The summed E-state index contributed by atoms with van der Waals surface area (Å²) in [6, 6.07) is 0. The summed E-state index contributed by atoms with van der Waals surface area (Å²) in [5.74, 6) is 0.233. The Hall–Kier alpha value is -1.32. The summed E-state index contributed by atoms with van der Waals surface area (Å²) >= 11 is 0. The SMILES string of the molecule is CCCCCCCCc1n(CCCC)cc[n+]1CC(C)C(=O)O. The minimum atomic E-state index is -0.718. The predicted octanol–water partition coefficient (Wildman–Crippen LogP) is 4.20. The summed E-state index contributed by atoms with van der Waals surface area (Å²) in [5.41, 5.74) is 0. The van der Waals surface area contributed by atoms with E-state index in [0.717, 1.165) is 13.0 Å². The molecule has 1 N–H and O–H groups in total. The molecule has 0 aliphatic rings. The Labute approximate surface area is 141 Å². The topological polar surface area (TPSA) is 46.1 Å². The number of unbranched alkanes of at least 4 members (excludes halogenated alkanes) is 6. The highest BCUT2D eigenvalue weighted by molar-refractivity contribution is 5.69. The van der Waals surface area contributed by atoms with Gasteiger partial charge in [-0.1, -0.05) is 52.4 Å². The minimum absolute atomic E-state index is 0.342. The summed E-state index contributed by atoms with van der Waals surface area (Å²) in [4.78, 5) is 11.1. The molecule has 132 valence electrons. The van der Waals surface area contributed by atoms with Crippen LogP contribution >= 0.6 is 0 Å². The van der Waals surface area contributed by atoms with Gasteiger partial charge in [0, 0.05) is 6.42 Å². The number of aliphatic carboxylic acids is 1. The molecule has 1 aromatic heterocycles. The zero-order chi connectivity index (χ0) is 17.1. The zero-order valence-corrected chi connectivity index (χ0v) is 15.3. The van der Waals surface area contributed by atoms with Crippen molar-refractivity contribution in [2.45, 2.75) is 91.6 Å². The quantitative estimate of drug-likeness (QED) is 0.437. The first-order valence-corrected chi connectivity index (χ1v) is 9.40. The Morgan fingerprint density at radius 2 is 1.78 bits per heavy atom. The number of hydrogen-bond acceptors (Lipinski definition) is 1. The van der Waals surface area contributed by atoms with Crippen molar-refractivity contribution in [3.63, 3.8) is 0 Å². The van der Waals surface area contributed by atoms with E-state index < -0.39 is 5.97 Å². The monoisotopic (exact) mass is 323 g/mol. The predicted molar refractivity (Wildman–Crippen MR) is 93.4 cm³/mol. The molecule has 0 aliphatic heterocycles. The van der Waals surface area contributed by atoms with Crippen LogP contribution in [0.15, 0.2) is 12.4 Å². The Balaban J connectivity index is 2.62. The number of carbonyl (C=O) groups is 1. The van der Waals surface area contributed by atoms with E-state index >= 15 is 0 Å². The maximum atomic E-state index is 11.1. The molecule has 0 amide bonds. The third-order valence-electron chi connectivity index (χ3n) is 4.49. The van der Waals surface area contributed by atoms with Crippen molar-refractivity contribution in [2.24, 2.45) is 5.92 Å². The van der Waals surface area contributed by atoms with Crippen molar-refractivity contribution in [1.29, 1.82) is 0 Å². The van der Waals surface area contributed by atoms with Crippen LogP contribution in [0.3, 0.4) is 0 Å². The van der Waals surface area contributed by atoms with Crippen LogP contribution < -0.4 is 4.57 Å². The Morgan fingerprint density at radius 1 is 1.13 bits per heavy atom. The maximum Gasteiger partial charge on any atom is 0.310 e. The first-order valence-electron chi connectivity index (χ1n) is 9.40. The molecule has 4 heteroatoms. The van der Waals surface area contributed by atoms with Gasteiger partial charge in [0.2, 0.25) is 0 Å². The smallest absolute Gasteiger partial charge is 0.310 e. The average molecular weight is 324 g/mol. The highest BCUT2D eigenvalue weighted by Crippen LogP contribution is 2.10. The lowest BCUT2D eigenvalue weighted by Crippen LogP contribution is -2.42. The molecule has 0 bridgehead atoms. The van der Waals surface area contributed by atoms with Crippen molar-refractivity contribution in [1.82, 2.24) is 4.57 Å². The molecular formula is C19H35N2O2+. The van der Waals surface area contributed by atoms with Crippen LogP contribution in [0.5, 0.6) is 0 Å². The van der Waals surface area contributed by atoms with Crippen molar-refractivity contribution in [2.75, 3.05) is 0 Å². The highest BCUT2D eigenvalue weighted by Gasteiger charge is 2.21. The van der Waals surface area contributed by atoms with E-state index in [2.05, 4.69) is 35.4 Å². The molecule has 1 unspecified atom stereocenters. The number of rotatable bonds is 13. The normalized spacial score (nSPS) is 12.5. The molecule has 1 aromatic rings. The molecule has 0 aromatic carbocycles. The molecule has 0 aliphatic carbocycles. The Kier molecular flexibility index (Phi) is 9.65. The van der Waals surface area contributed by atoms with Crippen molar-refractivity contribution in [3.05, 3.63) is 18.2 Å². The van der Waals surface area contributed by atoms with Gasteiger partial charge in [-0.2, -0.15) is 0 Å². The van der Waals surface area contributed by atoms with Crippen molar-refractivity contribution < 1.29 is 14.5 Å². The molecule has 0 spiro atoms. The molecule has 0 saturated heterocycles. The zero-order valence-electron chi connectivity index (χ0n) is 15.3. The molecule has 1 heterocycles. The molecule has 1 atom stereocenters. The minimum Gasteiger partial charge on any atom is -0.481 e. The number of carboxylic acid groups (broad SMARTS) is 1. The number of hydrogen-bond donors (Lipinski definition) is 1. The summed E-state index contributed by atoms with van der Waals surface area (Å²) in [5, 5.41) is 9.16. The van der Waals surface area contributed by atoms with E-state index in [1.54, 1.807) is 6.92 Å². The first kappa shape index (κ1) is 19.7. The van der Waals surface area contributed by atoms with E-state index in [1.165, 1.54) is 57.2 Å². The van der Waals surface area contributed by atoms with Crippen LogP contribution in [-0.4, -0.2) is 15.6 Å². The van der Waals surface area contributed by atoms with Gasteiger partial charge in [-0.3, -0.25) is 4.79 Å². The third-order valence-corrected chi connectivity index (χ3v) is 4.49. The largest absolute Gasteiger partial charge is 0.481 e. The molecule has 0 fully saturated rings. The Bertz CT molecular complexity index is 454. The second-order valence-electron chi connectivity index (χ2n) is 6.67. The second-order valence-corrected chi connectivity index (χ2v) is 6.67. The van der Waals surface area contributed by atoms with E-state index in [9.17, 15) is 4.79 Å². The fraction of sp³-hybridized carbons (Fsp3) is 0.789. The average Bonchev–Trinajstić information content (AvgIpc) is 2.90. The van der Waals surface area contributed by atoms with E-state index in [1.807, 2.05) is 0 Å². The van der Waals surface area contributed by atoms with Crippen LogP contribution in [0.1, 0.15) is 78.0 Å². The lowest BCUT2D eigenvalue weighted by molar-refractivity contribution is -0.707. The van der Waals surface area contributed by atoms with Gasteiger partial charge in [0.25, 0.3) is 5.82 Å². The maximum absolute atomic E-state index is 11.1. The van der Waals surface area contributed by atoms with E-state index in [4.69, 9.17) is 5.11 Å². The summed E-state index contributed by atoms with van der Waals surface area (Å²) < 4.78 is 4.48. The molecule has 0 radical (unpaired) electrons. The van der Waals surface area contributed by atoms with E-state index in [0.29, 0.717) is 6.54 Å². The number of imidazole rings is 1. The van der Waals surface area contributed by atoms with Crippen LogP contribution in [0.4, 0.5) is 0 Å². The van der Waals surface area contributed by atoms with Gasteiger partial charge in [0.1, 0.15) is 18.9 Å². The van der Waals surface area contributed by atoms with Gasteiger partial charge in [-0.25, -0.2) is 9.13 Å². The van der Waals surface area contributed by atoms with Gasteiger partial charge in [0.15, 0.2) is 0 Å². The van der Waals surface area contributed by atoms with Gasteiger partial charge in [-0.15, -0.1) is 0 Å². The van der Waals surface area contributed by atoms with Crippen LogP contribution in [0, 0.1) is 5.92 Å². The van der Waals surface area contributed by atoms with Gasteiger partial charge in [-0.05, 0) is 19.8 Å². The first-order chi connectivity index (χ1) is 11.1. The van der Waals surface area contributed by atoms with Gasteiger partial charge < -0.3 is 5.11 Å². The van der Waals surface area contributed by atoms with Gasteiger partial charge in [0.05, 0.1) is 12.5 Å². The molecule has 1 rings (SSSR count). The third kappa shape index (κ3) is 7.19. The number of aryl methyl sites for hydroxylation is 1. The number of carboxylic acids is 1. The van der Waals surface area contributed by atoms with Gasteiger partial charge >= 0.3 is 5.97 Å². The number of aromatic nitrogens is 2. The van der Waals surface area contributed by atoms with Crippen LogP contribution in [0.25, 0.3) is 0 Å². The second kappa shape index (κ2) is 11.3. The standard InChI is InChI=1S/C19H34N2O2/c1-4-6-8-9-10-11-12-18-20(13-7-5-2)14-15-21(18)16-17(3)19(22)23/h14-15,17H,4-13,16H2,1-3H3/p+1. The fourth-order valence-corrected chi connectivity index (χ4v) is 2.92. The lowest BCUT2D eigenvalue weighted by atomic mass is 10.1. The van der Waals surface area contributed by atoms with E-state index in [-0.39, 0.29) is 5.92 Å². The molecule has 4 nitrogen and oxygen atoms in total. The Morgan fingerprint density at radius 3 is 2.43 bits per heavy atom. The number of nitrogens with zero attached hydrogens (tertiary/aromatic N) is 2. The van der Waals surface area contributed by atoms with Crippen molar-refractivity contribution in [3.8, 4) is 0 Å². The highest BCUT2D eigenvalue weighted by atomic mass is 16.4. The molecule has 0 saturated carbocycles. The summed E-state index contributed by atoms with van der Waals surface area (Å²) in [6.45, 7) is 7.84. The summed E-state index contributed by atoms with van der Waals surface area (Å²) in [7, 11) is 0. The lowest BCUT2D eigenvalue weighted by Gasteiger charge is -2.08. The summed E-state index contributed by atoms with van der Waals surface area (Å²) in [6.07, 6.45) is 15.3. The van der Waals surface area contributed by atoms with Crippen LogP contribution in [0.2, 0.25) is 0 Å². The van der Waals surface area contributed by atoms with Crippen LogP contribution in [-0.2, 0) is 24.3 Å².